The highest BCUT2D eigenvalue weighted by Crippen LogP contribution is 2.45. The normalized spacial score (nSPS) is 18.2. The molecule has 1 aliphatic heterocycles. The first kappa shape index (κ1) is 23.2. The number of hydrogen-bond donors (Lipinski definition) is 0. The number of rotatable bonds is 7. The maximum Gasteiger partial charge on any atom is 0.161 e. The number of hydrogen-bond acceptors (Lipinski definition) is 6. The fraction of sp³-hybridized carbons (Fsp3) is 0.444. The molecule has 0 radical (unpaired) electrons. The summed E-state index contributed by atoms with van der Waals surface area (Å²) >= 11 is 0. The van der Waals surface area contributed by atoms with Crippen molar-refractivity contribution in [3.63, 3.8) is 0 Å². The summed E-state index contributed by atoms with van der Waals surface area (Å²) in [7, 11) is 8.90. The van der Waals surface area contributed by atoms with Crippen LogP contribution in [0.4, 0.5) is 0 Å². The van der Waals surface area contributed by atoms with E-state index in [-0.39, 0.29) is 5.92 Å². The summed E-state index contributed by atoms with van der Waals surface area (Å²) in [5.74, 6) is 3.09. The van der Waals surface area contributed by atoms with Crippen LogP contribution in [0.2, 0.25) is 0 Å². The summed E-state index contributed by atoms with van der Waals surface area (Å²) in [6, 6.07) is 10.9. The molecule has 2 unspecified atom stereocenters. The van der Waals surface area contributed by atoms with Gasteiger partial charge in [0.05, 0.1) is 34.1 Å². The third kappa shape index (κ3) is 3.97. The zero-order valence-electron chi connectivity index (χ0n) is 20.7. The minimum atomic E-state index is 0.121. The molecule has 2 atom stereocenters. The standard InChI is InChI=1S/C27H34N2O4/c1-8-21-17-12-25(31-5)24(30-4)11-16(17)10-22(28-21)20-15-29(3)23(9-2)19-14-27(33-7)26(32-6)13-18(19)20/h10-14,20,23H,8-9,15H2,1-7H3. The van der Waals surface area contributed by atoms with Crippen LogP contribution in [0, 0.1) is 0 Å². The molecule has 3 aromatic rings. The molecule has 0 N–H and O–H groups in total. The van der Waals surface area contributed by atoms with Crippen LogP contribution in [0.15, 0.2) is 30.3 Å². The maximum atomic E-state index is 5.66. The van der Waals surface area contributed by atoms with Gasteiger partial charge in [-0.2, -0.15) is 0 Å². The van der Waals surface area contributed by atoms with Gasteiger partial charge in [0.25, 0.3) is 0 Å². The smallest absolute Gasteiger partial charge is 0.161 e. The minimum absolute atomic E-state index is 0.121. The Bertz CT molecular complexity index is 1160. The molecule has 1 aliphatic rings. The lowest BCUT2D eigenvalue weighted by Crippen LogP contribution is -2.35. The molecule has 33 heavy (non-hydrogen) atoms. The van der Waals surface area contributed by atoms with Crippen LogP contribution in [0.3, 0.4) is 0 Å². The number of ether oxygens (including phenoxy) is 4. The molecule has 0 amide bonds. The number of aromatic nitrogens is 1. The second-order valence-corrected chi connectivity index (χ2v) is 8.53. The summed E-state index contributed by atoms with van der Waals surface area (Å²) in [6.45, 7) is 5.26. The van der Waals surface area contributed by atoms with Crippen molar-refractivity contribution in [2.45, 2.75) is 38.6 Å². The van der Waals surface area contributed by atoms with Crippen LogP contribution in [-0.2, 0) is 6.42 Å². The molecule has 0 spiro atoms. The molecule has 0 bridgehead atoms. The quantitative estimate of drug-likeness (QED) is 0.483. The zero-order chi connectivity index (χ0) is 23.7. The molecule has 0 fully saturated rings. The van der Waals surface area contributed by atoms with E-state index in [0.29, 0.717) is 6.04 Å². The number of benzene rings is 2. The molecule has 4 rings (SSSR count). The van der Waals surface area contributed by atoms with Crippen LogP contribution < -0.4 is 18.9 Å². The Morgan fingerprint density at radius 1 is 0.818 bits per heavy atom. The van der Waals surface area contributed by atoms with E-state index >= 15 is 0 Å². The number of methoxy groups -OCH3 is 4. The monoisotopic (exact) mass is 450 g/mol. The predicted molar refractivity (Wildman–Crippen MR) is 131 cm³/mol. The number of likely N-dealkylation sites (N-methyl/N-ethyl adjacent to an activating group) is 1. The van der Waals surface area contributed by atoms with Crippen molar-refractivity contribution in [3.8, 4) is 23.0 Å². The first-order valence-electron chi connectivity index (χ1n) is 11.5. The van der Waals surface area contributed by atoms with E-state index < -0.39 is 0 Å². The van der Waals surface area contributed by atoms with Gasteiger partial charge < -0.3 is 18.9 Å². The third-order valence-electron chi connectivity index (χ3n) is 6.84. The Kier molecular flexibility index (Phi) is 6.66. The van der Waals surface area contributed by atoms with Gasteiger partial charge in [-0.05, 0) is 66.7 Å². The SMILES string of the molecule is CCc1nc(C2CN(C)C(CC)c3cc(OC)c(OC)cc32)cc2cc(OC)c(OC)cc12. The molecule has 1 aromatic heterocycles. The van der Waals surface area contributed by atoms with E-state index in [1.54, 1.807) is 28.4 Å². The summed E-state index contributed by atoms with van der Waals surface area (Å²) < 4.78 is 22.4. The van der Waals surface area contributed by atoms with Gasteiger partial charge in [-0.3, -0.25) is 9.88 Å². The van der Waals surface area contributed by atoms with Gasteiger partial charge in [0, 0.05) is 29.6 Å². The van der Waals surface area contributed by atoms with Gasteiger partial charge in [0.2, 0.25) is 0 Å². The lowest BCUT2D eigenvalue weighted by atomic mass is 9.82. The number of nitrogens with zero attached hydrogens (tertiary/aromatic N) is 2. The van der Waals surface area contributed by atoms with Gasteiger partial charge in [0.1, 0.15) is 0 Å². The molecule has 6 heteroatoms. The fourth-order valence-electron chi connectivity index (χ4n) is 5.16. The Balaban J connectivity index is 1.94. The van der Waals surface area contributed by atoms with Crippen molar-refractivity contribution in [1.29, 1.82) is 0 Å². The highest BCUT2D eigenvalue weighted by atomic mass is 16.5. The van der Waals surface area contributed by atoms with Crippen molar-refractivity contribution in [1.82, 2.24) is 9.88 Å². The Morgan fingerprint density at radius 2 is 1.39 bits per heavy atom. The average molecular weight is 451 g/mol. The van der Waals surface area contributed by atoms with E-state index in [4.69, 9.17) is 23.9 Å². The van der Waals surface area contributed by atoms with Crippen molar-refractivity contribution in [2.75, 3.05) is 42.0 Å². The maximum absolute atomic E-state index is 5.66. The largest absolute Gasteiger partial charge is 0.493 e. The molecule has 6 nitrogen and oxygen atoms in total. The molecule has 0 saturated carbocycles. The van der Waals surface area contributed by atoms with Crippen molar-refractivity contribution >= 4 is 10.8 Å². The predicted octanol–water partition coefficient (Wildman–Crippen LogP) is 5.36. The molecule has 176 valence electrons. The second kappa shape index (κ2) is 9.48. The second-order valence-electron chi connectivity index (χ2n) is 8.53. The molecular formula is C27H34N2O4. The van der Waals surface area contributed by atoms with Gasteiger partial charge in [-0.15, -0.1) is 0 Å². The lowest BCUT2D eigenvalue weighted by Gasteiger charge is -2.39. The highest BCUT2D eigenvalue weighted by molar-refractivity contribution is 5.88. The summed E-state index contributed by atoms with van der Waals surface area (Å²) in [5, 5.41) is 2.21. The summed E-state index contributed by atoms with van der Waals surface area (Å²) in [6.07, 6.45) is 1.85. The Labute approximate surface area is 196 Å². The Hall–Kier alpha value is -2.99. The molecule has 2 aromatic carbocycles. The third-order valence-corrected chi connectivity index (χ3v) is 6.84. The van der Waals surface area contributed by atoms with Gasteiger partial charge in [-0.1, -0.05) is 13.8 Å². The molecule has 2 heterocycles. The molecular weight excluding hydrogens is 416 g/mol. The van der Waals surface area contributed by atoms with Crippen LogP contribution in [-0.4, -0.2) is 51.9 Å². The van der Waals surface area contributed by atoms with Gasteiger partial charge >= 0.3 is 0 Å². The Morgan fingerprint density at radius 3 is 1.97 bits per heavy atom. The van der Waals surface area contributed by atoms with Crippen LogP contribution >= 0.6 is 0 Å². The molecule has 0 aliphatic carbocycles. The number of pyridine rings is 1. The molecule has 0 saturated heterocycles. The number of fused-ring (bicyclic) bond motifs is 2. The van der Waals surface area contributed by atoms with Crippen LogP contribution in [0.5, 0.6) is 23.0 Å². The topological polar surface area (TPSA) is 53.1 Å². The van der Waals surface area contributed by atoms with Crippen molar-refractivity contribution in [3.05, 3.63) is 52.8 Å². The van der Waals surface area contributed by atoms with E-state index in [1.165, 1.54) is 11.1 Å². The van der Waals surface area contributed by atoms with E-state index in [1.807, 2.05) is 6.07 Å². The number of aryl methyl sites for hydroxylation is 1. The summed E-state index contributed by atoms with van der Waals surface area (Å²) in [4.78, 5) is 7.58. The first-order chi connectivity index (χ1) is 16.0. The van der Waals surface area contributed by atoms with E-state index in [9.17, 15) is 0 Å². The van der Waals surface area contributed by atoms with Crippen molar-refractivity contribution < 1.29 is 18.9 Å². The van der Waals surface area contributed by atoms with Gasteiger partial charge in [0.15, 0.2) is 23.0 Å². The van der Waals surface area contributed by atoms with E-state index in [2.05, 4.69) is 50.1 Å². The fourth-order valence-corrected chi connectivity index (χ4v) is 5.16. The van der Waals surface area contributed by atoms with Crippen LogP contribution in [0.25, 0.3) is 10.8 Å². The van der Waals surface area contributed by atoms with Gasteiger partial charge in [-0.25, -0.2) is 0 Å². The first-order valence-corrected chi connectivity index (χ1v) is 11.5. The van der Waals surface area contributed by atoms with E-state index in [0.717, 1.165) is 64.5 Å². The lowest BCUT2D eigenvalue weighted by molar-refractivity contribution is 0.210. The summed E-state index contributed by atoms with van der Waals surface area (Å²) in [5.41, 5.74) is 4.65. The highest BCUT2D eigenvalue weighted by Gasteiger charge is 2.33. The zero-order valence-corrected chi connectivity index (χ0v) is 20.7. The average Bonchev–Trinajstić information content (AvgIpc) is 2.85. The minimum Gasteiger partial charge on any atom is -0.493 e. The van der Waals surface area contributed by atoms with Crippen LogP contribution in [0.1, 0.15) is 54.7 Å². The van der Waals surface area contributed by atoms with Crippen molar-refractivity contribution in [2.24, 2.45) is 0 Å².